The van der Waals surface area contributed by atoms with E-state index in [2.05, 4.69) is 30.7 Å². The van der Waals surface area contributed by atoms with Gasteiger partial charge in [-0.1, -0.05) is 0 Å². The van der Waals surface area contributed by atoms with Crippen LogP contribution in [-0.4, -0.2) is 62.8 Å². The third kappa shape index (κ3) is 4.62. The molecule has 0 atom stereocenters. The molecule has 1 saturated heterocycles. The molecule has 3 heterocycles. The molecule has 8 nitrogen and oxygen atoms in total. The molecule has 1 aliphatic heterocycles. The highest BCUT2D eigenvalue weighted by atomic mass is 32.1. The van der Waals surface area contributed by atoms with Crippen LogP contribution in [0.4, 0.5) is 19.0 Å². The molecule has 1 aliphatic carbocycles. The number of carbonyl (C=O) groups excluding carboxylic acids is 1. The molecule has 1 aromatic carbocycles. The molecule has 1 amide bonds. The predicted molar refractivity (Wildman–Crippen MR) is 121 cm³/mol. The van der Waals surface area contributed by atoms with E-state index in [4.69, 9.17) is 0 Å². The lowest BCUT2D eigenvalue weighted by Crippen LogP contribution is -2.63. The Labute approximate surface area is 197 Å². The summed E-state index contributed by atoms with van der Waals surface area (Å²) >= 11 is 1.49. The largest absolute Gasteiger partial charge is 0.416 e. The van der Waals surface area contributed by atoms with Gasteiger partial charge in [-0.15, -0.1) is 11.3 Å². The molecule has 34 heavy (non-hydrogen) atoms. The van der Waals surface area contributed by atoms with Crippen molar-refractivity contribution in [2.24, 2.45) is 0 Å². The van der Waals surface area contributed by atoms with Crippen LogP contribution in [0.2, 0.25) is 0 Å². The lowest BCUT2D eigenvalue weighted by atomic mass is 9.80. The summed E-state index contributed by atoms with van der Waals surface area (Å²) in [6, 6.07) is 3.75. The van der Waals surface area contributed by atoms with Gasteiger partial charge in [0.05, 0.1) is 34.1 Å². The van der Waals surface area contributed by atoms with Crippen molar-refractivity contribution in [3.63, 3.8) is 0 Å². The average Bonchev–Trinajstić information content (AvgIpc) is 3.45. The van der Waals surface area contributed by atoms with Gasteiger partial charge in [0.15, 0.2) is 5.82 Å². The number of nitrogens with zero attached hydrogens (tertiary/aromatic N) is 3. The Morgan fingerprint density at radius 2 is 2.06 bits per heavy atom. The van der Waals surface area contributed by atoms with E-state index >= 15 is 0 Å². The van der Waals surface area contributed by atoms with Crippen LogP contribution in [0.1, 0.15) is 36.1 Å². The summed E-state index contributed by atoms with van der Waals surface area (Å²) in [7, 11) is 0. The van der Waals surface area contributed by atoms with Crippen LogP contribution < -0.4 is 10.6 Å². The lowest BCUT2D eigenvalue weighted by molar-refractivity contribution is -0.137. The molecule has 2 aromatic heterocycles. The maximum Gasteiger partial charge on any atom is 0.416 e. The molecule has 3 aromatic rings. The standard InChI is InChI=1S/C22H25F3N6O2S/c23-22(24,25)13-1-2-17-16(7-13)20(30-29-17)27-9-19(32)28-14-10-31(11-14)15-3-5-21(33,6-4-15)18-8-26-12-34-18/h1-2,7-8,12,14-15,33H,3-6,9-11H2,(H,28,32)(H2,27,29,30). The fourth-order valence-corrected chi connectivity index (χ4v) is 5.59. The molecule has 0 bridgehead atoms. The fourth-order valence-electron chi connectivity index (χ4n) is 4.81. The predicted octanol–water partition coefficient (Wildman–Crippen LogP) is 3.08. The Hall–Kier alpha value is -2.70. The zero-order chi connectivity index (χ0) is 23.9. The number of aromatic nitrogens is 3. The Kier molecular flexibility index (Phi) is 5.98. The first-order chi connectivity index (χ1) is 16.2. The minimum Gasteiger partial charge on any atom is -0.384 e. The van der Waals surface area contributed by atoms with E-state index in [1.165, 1.54) is 17.4 Å². The highest BCUT2D eigenvalue weighted by molar-refractivity contribution is 7.09. The smallest absolute Gasteiger partial charge is 0.384 e. The number of H-pyrrole nitrogens is 1. The zero-order valence-electron chi connectivity index (χ0n) is 18.2. The lowest BCUT2D eigenvalue weighted by Gasteiger charge is -2.48. The van der Waals surface area contributed by atoms with Gasteiger partial charge < -0.3 is 15.7 Å². The van der Waals surface area contributed by atoms with Crippen LogP contribution in [0.15, 0.2) is 29.9 Å². The molecule has 5 rings (SSSR count). The number of benzene rings is 1. The van der Waals surface area contributed by atoms with E-state index < -0.39 is 17.3 Å². The second-order valence-electron chi connectivity index (χ2n) is 9.03. The van der Waals surface area contributed by atoms with Crippen LogP contribution in [0, 0.1) is 0 Å². The van der Waals surface area contributed by atoms with E-state index in [0.717, 1.165) is 42.9 Å². The molecular formula is C22H25F3N6O2S. The maximum absolute atomic E-state index is 13.0. The van der Waals surface area contributed by atoms with Crippen molar-refractivity contribution in [1.29, 1.82) is 0 Å². The van der Waals surface area contributed by atoms with Crippen LogP contribution in [0.5, 0.6) is 0 Å². The van der Waals surface area contributed by atoms with Gasteiger partial charge in [0.1, 0.15) is 5.60 Å². The first-order valence-corrected chi connectivity index (χ1v) is 12.0. The molecule has 0 radical (unpaired) electrons. The number of alkyl halides is 3. The molecule has 12 heteroatoms. The van der Waals surface area contributed by atoms with Crippen molar-refractivity contribution in [1.82, 2.24) is 25.4 Å². The van der Waals surface area contributed by atoms with Gasteiger partial charge in [-0.05, 0) is 43.9 Å². The SMILES string of the molecule is O=C(CNc1n[nH]c2ccc(C(F)(F)F)cc12)NC1CN(C2CCC(O)(c3cncs3)CC2)C1. The first-order valence-electron chi connectivity index (χ1n) is 11.2. The van der Waals surface area contributed by atoms with Gasteiger partial charge in [-0.2, -0.15) is 18.3 Å². The Morgan fingerprint density at radius 3 is 2.74 bits per heavy atom. The van der Waals surface area contributed by atoms with Crippen LogP contribution in [0.25, 0.3) is 10.9 Å². The topological polar surface area (TPSA) is 106 Å². The van der Waals surface area contributed by atoms with E-state index in [1.807, 2.05) is 0 Å². The van der Waals surface area contributed by atoms with E-state index in [1.54, 1.807) is 11.7 Å². The number of amides is 1. The zero-order valence-corrected chi connectivity index (χ0v) is 19.0. The summed E-state index contributed by atoms with van der Waals surface area (Å²) in [6.45, 7) is 1.41. The molecule has 2 fully saturated rings. The summed E-state index contributed by atoms with van der Waals surface area (Å²) in [5, 5.41) is 23.6. The number of anilines is 1. The number of fused-ring (bicyclic) bond motifs is 1. The van der Waals surface area contributed by atoms with Gasteiger partial charge in [0.25, 0.3) is 0 Å². The first kappa shape index (κ1) is 23.1. The number of thiazole rings is 1. The summed E-state index contributed by atoms with van der Waals surface area (Å²) in [6.07, 6.45) is 0.477. The molecule has 182 valence electrons. The van der Waals surface area contributed by atoms with E-state index in [-0.39, 0.29) is 29.7 Å². The van der Waals surface area contributed by atoms with Crippen molar-refractivity contribution >= 4 is 34.0 Å². The number of hydrogen-bond donors (Lipinski definition) is 4. The molecule has 2 aliphatic rings. The van der Waals surface area contributed by atoms with E-state index in [9.17, 15) is 23.1 Å². The highest BCUT2D eigenvalue weighted by Gasteiger charge is 2.41. The fraction of sp³-hybridized carbons (Fsp3) is 0.500. The van der Waals surface area contributed by atoms with E-state index in [0.29, 0.717) is 24.4 Å². The molecule has 0 unspecified atom stereocenters. The second kappa shape index (κ2) is 8.82. The molecule has 1 saturated carbocycles. The Morgan fingerprint density at radius 1 is 1.29 bits per heavy atom. The van der Waals surface area contributed by atoms with Crippen LogP contribution >= 0.6 is 11.3 Å². The second-order valence-corrected chi connectivity index (χ2v) is 9.92. The van der Waals surface area contributed by atoms with Crippen LogP contribution in [0.3, 0.4) is 0 Å². The molecule has 0 spiro atoms. The van der Waals surface area contributed by atoms with Crippen molar-refractivity contribution in [3.8, 4) is 0 Å². The van der Waals surface area contributed by atoms with Gasteiger partial charge in [-0.25, -0.2) is 0 Å². The number of halogens is 3. The number of rotatable bonds is 6. The number of hydrogen-bond acceptors (Lipinski definition) is 7. The molecule has 4 N–H and O–H groups in total. The van der Waals surface area contributed by atoms with Gasteiger partial charge in [0.2, 0.25) is 5.91 Å². The third-order valence-electron chi connectivity index (χ3n) is 6.77. The number of likely N-dealkylation sites (tertiary alicyclic amines) is 1. The van der Waals surface area contributed by atoms with Crippen molar-refractivity contribution in [2.75, 3.05) is 25.0 Å². The normalized spacial score (nSPS) is 24.2. The average molecular weight is 495 g/mol. The van der Waals surface area contributed by atoms with Gasteiger partial charge in [0, 0.05) is 30.7 Å². The summed E-state index contributed by atoms with van der Waals surface area (Å²) in [5.41, 5.74) is 0.654. The Bertz CT molecular complexity index is 1150. The summed E-state index contributed by atoms with van der Waals surface area (Å²) < 4.78 is 39.0. The number of aliphatic hydroxyl groups is 1. The number of carbonyl (C=O) groups is 1. The van der Waals surface area contributed by atoms with Crippen molar-refractivity contribution < 1.29 is 23.1 Å². The minimum atomic E-state index is -4.45. The number of aromatic amines is 1. The highest BCUT2D eigenvalue weighted by Crippen LogP contribution is 2.40. The van der Waals surface area contributed by atoms with Crippen molar-refractivity contribution in [3.05, 3.63) is 40.3 Å². The molecular weight excluding hydrogens is 469 g/mol. The number of nitrogens with one attached hydrogen (secondary N) is 3. The maximum atomic E-state index is 13.0. The minimum absolute atomic E-state index is 0.0318. The van der Waals surface area contributed by atoms with Crippen molar-refractivity contribution in [2.45, 2.75) is 49.5 Å². The summed E-state index contributed by atoms with van der Waals surface area (Å²) in [4.78, 5) is 19.7. The monoisotopic (exact) mass is 494 g/mol. The summed E-state index contributed by atoms with van der Waals surface area (Å²) in [5.74, 6) is -0.0295. The quantitative estimate of drug-likeness (QED) is 0.420. The Balaban J connectivity index is 1.08. The van der Waals surface area contributed by atoms with Gasteiger partial charge >= 0.3 is 6.18 Å². The third-order valence-corrected chi connectivity index (χ3v) is 7.74. The van der Waals surface area contributed by atoms with Crippen LogP contribution in [-0.2, 0) is 16.6 Å². The van der Waals surface area contributed by atoms with Gasteiger partial charge in [-0.3, -0.25) is 19.8 Å².